The molecular formula is C72H48N2O4. The van der Waals surface area contributed by atoms with Crippen LogP contribution >= 0.6 is 0 Å². The lowest BCUT2D eigenvalue weighted by Gasteiger charge is -2.28. The van der Waals surface area contributed by atoms with Crippen LogP contribution in [0.15, 0.2) is 236 Å². The molecule has 4 aromatic heterocycles. The van der Waals surface area contributed by atoms with Crippen LogP contribution in [0.25, 0.3) is 110 Å². The zero-order valence-electron chi connectivity index (χ0n) is 43.3. The fraction of sp³-hybridized carbons (Fsp3) is 0.0833. The molecule has 0 fully saturated rings. The molecule has 0 amide bonds. The molecule has 0 saturated heterocycles. The average molecular weight is 1010 g/mol. The van der Waals surface area contributed by atoms with Crippen molar-refractivity contribution in [2.24, 2.45) is 0 Å². The van der Waals surface area contributed by atoms with E-state index in [1.54, 1.807) is 0 Å². The minimum atomic E-state index is -0.436. The van der Waals surface area contributed by atoms with Gasteiger partial charge in [0.05, 0.1) is 22.7 Å². The predicted octanol–water partition coefficient (Wildman–Crippen LogP) is 20.8. The Kier molecular flexibility index (Phi) is 8.60. The third-order valence-corrected chi connectivity index (χ3v) is 17.4. The van der Waals surface area contributed by atoms with E-state index in [0.29, 0.717) is 0 Å². The van der Waals surface area contributed by atoms with Crippen molar-refractivity contribution in [2.45, 2.75) is 38.5 Å². The highest BCUT2D eigenvalue weighted by atomic mass is 16.3. The average Bonchev–Trinajstić information content (AvgIpc) is 4.12. The number of hydrogen-bond donors (Lipinski definition) is 0. The molecule has 6 nitrogen and oxygen atoms in total. The Balaban J connectivity index is 0.925. The van der Waals surface area contributed by atoms with E-state index in [-0.39, 0.29) is 0 Å². The lowest BCUT2D eigenvalue weighted by molar-refractivity contribution is 0.649. The molecule has 78 heavy (non-hydrogen) atoms. The van der Waals surface area contributed by atoms with Crippen LogP contribution in [0.2, 0.25) is 0 Å². The number of anilines is 6. The number of fused-ring (bicyclic) bond motifs is 20. The molecule has 2 aliphatic rings. The molecule has 0 aliphatic heterocycles. The van der Waals surface area contributed by atoms with Gasteiger partial charge in [0, 0.05) is 65.3 Å². The molecule has 0 spiro atoms. The van der Waals surface area contributed by atoms with E-state index in [4.69, 9.17) is 17.7 Å². The van der Waals surface area contributed by atoms with Gasteiger partial charge in [0.15, 0.2) is 22.3 Å². The summed E-state index contributed by atoms with van der Waals surface area (Å²) in [5.74, 6) is 0. The molecule has 0 unspecified atom stereocenters. The van der Waals surface area contributed by atoms with Crippen LogP contribution in [0, 0.1) is 0 Å². The summed E-state index contributed by atoms with van der Waals surface area (Å²) in [4.78, 5) is 4.69. The van der Waals surface area contributed by atoms with Gasteiger partial charge in [0.1, 0.15) is 22.3 Å². The van der Waals surface area contributed by atoms with Crippen molar-refractivity contribution in [2.75, 3.05) is 9.80 Å². The molecule has 0 bridgehead atoms. The van der Waals surface area contributed by atoms with Crippen LogP contribution in [0.1, 0.15) is 49.9 Å². The van der Waals surface area contributed by atoms with E-state index in [1.807, 2.05) is 12.1 Å². The Morgan fingerprint density at radius 3 is 1.03 bits per heavy atom. The number of hydrogen-bond acceptors (Lipinski definition) is 6. The quantitative estimate of drug-likeness (QED) is 0.165. The van der Waals surface area contributed by atoms with Gasteiger partial charge in [-0.3, -0.25) is 0 Å². The monoisotopic (exact) mass is 1000 g/mol. The second-order valence-corrected chi connectivity index (χ2v) is 22.3. The maximum Gasteiger partial charge on any atom is 0.160 e. The molecule has 11 aromatic carbocycles. The first kappa shape index (κ1) is 43.5. The third kappa shape index (κ3) is 5.70. The Hall–Kier alpha value is -9.78. The number of benzene rings is 11. The Labute approximate surface area is 448 Å². The maximum atomic E-state index is 7.21. The minimum Gasteiger partial charge on any atom is -0.454 e. The first-order valence-corrected chi connectivity index (χ1v) is 26.9. The second kappa shape index (κ2) is 15.4. The van der Waals surface area contributed by atoms with Gasteiger partial charge in [-0.15, -0.1) is 0 Å². The molecule has 370 valence electrons. The van der Waals surface area contributed by atoms with Crippen molar-refractivity contribution >= 4 is 122 Å². The molecule has 15 aromatic rings. The fourth-order valence-electron chi connectivity index (χ4n) is 13.8. The first-order chi connectivity index (χ1) is 38.2. The van der Waals surface area contributed by atoms with Crippen LogP contribution in [0.5, 0.6) is 0 Å². The summed E-state index contributed by atoms with van der Waals surface area (Å²) < 4.78 is 28.1. The second-order valence-electron chi connectivity index (χ2n) is 22.3. The zero-order chi connectivity index (χ0) is 51.8. The Bertz CT molecular complexity index is 4730. The highest BCUT2D eigenvalue weighted by molar-refractivity contribution is 6.23. The Morgan fingerprint density at radius 1 is 0.282 bits per heavy atom. The molecule has 0 radical (unpaired) electrons. The molecule has 0 atom stereocenters. The standard InChI is InChI=1S/C72H48N2O4/c1-71(2)51-37-50-52(38-49(51)63-53(71)39-57(69-65(63)47-27-13-17-35-61(47)77-69)73(41-21-7-5-8-22-41)55-31-19-29-45-43-25-11-15-33-59(43)75-67(45)55)72(3,4)54-40-58(70-66(64(50)54)48-28-14-18-36-62(48)78-70)74(42-23-9-6-10-24-42)56-32-20-30-46-44-26-12-16-34-60(44)76-68(46)56/h5-40H,1-4H3. The van der Waals surface area contributed by atoms with Crippen LogP contribution in [-0.4, -0.2) is 0 Å². The maximum absolute atomic E-state index is 7.21. The summed E-state index contributed by atoms with van der Waals surface area (Å²) in [6.07, 6.45) is 0. The van der Waals surface area contributed by atoms with E-state index in [0.717, 1.165) is 122 Å². The summed E-state index contributed by atoms with van der Waals surface area (Å²) in [5.41, 5.74) is 21.6. The van der Waals surface area contributed by atoms with Crippen molar-refractivity contribution in [3.63, 3.8) is 0 Å². The van der Waals surface area contributed by atoms with Crippen molar-refractivity contribution in [3.05, 3.63) is 241 Å². The van der Waals surface area contributed by atoms with Crippen molar-refractivity contribution < 1.29 is 17.7 Å². The van der Waals surface area contributed by atoms with Crippen LogP contribution in [0.3, 0.4) is 0 Å². The highest BCUT2D eigenvalue weighted by Crippen LogP contribution is 2.63. The fourth-order valence-corrected chi connectivity index (χ4v) is 13.8. The summed E-state index contributed by atoms with van der Waals surface area (Å²) in [6.45, 7) is 9.60. The number of rotatable bonds is 6. The summed E-state index contributed by atoms with van der Waals surface area (Å²) in [6, 6.07) is 77.8. The van der Waals surface area contributed by atoms with E-state index in [9.17, 15) is 0 Å². The van der Waals surface area contributed by atoms with Crippen LogP contribution < -0.4 is 9.80 Å². The molecule has 6 heteroatoms. The van der Waals surface area contributed by atoms with Gasteiger partial charge in [0.2, 0.25) is 0 Å². The van der Waals surface area contributed by atoms with Crippen LogP contribution in [0.4, 0.5) is 34.1 Å². The van der Waals surface area contributed by atoms with Gasteiger partial charge in [-0.25, -0.2) is 0 Å². The predicted molar refractivity (Wildman–Crippen MR) is 320 cm³/mol. The zero-order valence-corrected chi connectivity index (χ0v) is 43.3. The summed E-state index contributed by atoms with van der Waals surface area (Å²) in [5, 5.41) is 8.71. The molecule has 4 heterocycles. The van der Waals surface area contributed by atoms with Crippen molar-refractivity contribution in [3.8, 4) is 22.3 Å². The van der Waals surface area contributed by atoms with Gasteiger partial charge in [-0.1, -0.05) is 161 Å². The molecular weight excluding hydrogens is 957 g/mol. The van der Waals surface area contributed by atoms with Gasteiger partial charge >= 0.3 is 0 Å². The molecule has 2 aliphatic carbocycles. The summed E-state index contributed by atoms with van der Waals surface area (Å²) >= 11 is 0. The summed E-state index contributed by atoms with van der Waals surface area (Å²) in [7, 11) is 0. The molecule has 0 N–H and O–H groups in total. The minimum absolute atomic E-state index is 0.436. The smallest absolute Gasteiger partial charge is 0.160 e. The van der Waals surface area contributed by atoms with Gasteiger partial charge in [-0.2, -0.15) is 0 Å². The Morgan fingerprint density at radius 2 is 0.615 bits per heavy atom. The molecule has 17 rings (SSSR count). The number of furan rings is 4. The van der Waals surface area contributed by atoms with E-state index in [2.05, 4.69) is 244 Å². The van der Waals surface area contributed by atoms with Crippen LogP contribution in [-0.2, 0) is 10.8 Å². The lowest BCUT2D eigenvalue weighted by Crippen LogP contribution is -2.18. The first-order valence-electron chi connectivity index (χ1n) is 26.9. The lowest BCUT2D eigenvalue weighted by atomic mass is 9.79. The van der Waals surface area contributed by atoms with Gasteiger partial charge in [-0.05, 0) is 129 Å². The third-order valence-electron chi connectivity index (χ3n) is 17.4. The largest absolute Gasteiger partial charge is 0.454 e. The van der Waals surface area contributed by atoms with Gasteiger partial charge in [0.25, 0.3) is 0 Å². The SMILES string of the molecule is CC1(C)c2cc3c(cc2-c2c1cc(N(c1ccccc1)c1cccc4c1oc1ccccc14)c1oc4ccccc4c21)C(C)(C)c1cc(N(c2ccccc2)c2cccc4c2oc2ccccc24)c2oc4ccccc4c2c1-3. The number of nitrogens with zero attached hydrogens (tertiary/aromatic N) is 2. The number of para-hydroxylation sites is 8. The van der Waals surface area contributed by atoms with E-state index >= 15 is 0 Å². The topological polar surface area (TPSA) is 59.0 Å². The molecule has 0 saturated carbocycles. The van der Waals surface area contributed by atoms with Crippen molar-refractivity contribution in [1.82, 2.24) is 0 Å². The highest BCUT2D eigenvalue weighted by Gasteiger charge is 2.45. The van der Waals surface area contributed by atoms with Crippen molar-refractivity contribution in [1.29, 1.82) is 0 Å². The van der Waals surface area contributed by atoms with E-state index < -0.39 is 10.8 Å². The normalized spacial score (nSPS) is 14.1. The van der Waals surface area contributed by atoms with E-state index in [1.165, 1.54) is 44.5 Å². The van der Waals surface area contributed by atoms with Gasteiger partial charge < -0.3 is 27.5 Å².